The highest BCUT2D eigenvalue weighted by atomic mass is 16.6. The number of para-hydroxylation sites is 1. The summed E-state index contributed by atoms with van der Waals surface area (Å²) in [6, 6.07) is 24.8. The zero-order valence-electron chi connectivity index (χ0n) is 25.5. The maximum Gasteiger partial charge on any atom is 0.343 e. The summed E-state index contributed by atoms with van der Waals surface area (Å²) in [5.74, 6) is 0.282. The molecular weight excluding hydrogens is 588 g/mol. The summed E-state index contributed by atoms with van der Waals surface area (Å²) in [6.07, 6.45) is 1.44. The lowest BCUT2D eigenvalue weighted by Gasteiger charge is -2.15. The number of carbonyl (C=O) groups excluding carboxylic acids is 2. The topological polar surface area (TPSA) is 144 Å². The largest absolute Gasteiger partial charge is 0.493 e. The maximum absolute atomic E-state index is 13.4. The molecule has 1 amide bonds. The van der Waals surface area contributed by atoms with Gasteiger partial charge in [0.1, 0.15) is 11.8 Å². The summed E-state index contributed by atoms with van der Waals surface area (Å²) in [4.78, 5) is 29.6. The van der Waals surface area contributed by atoms with E-state index in [1.807, 2.05) is 36.4 Å². The average Bonchev–Trinajstić information content (AvgIpc) is 3.49. The summed E-state index contributed by atoms with van der Waals surface area (Å²) < 4.78 is 27.4. The fourth-order valence-corrected chi connectivity index (χ4v) is 4.92. The van der Waals surface area contributed by atoms with Gasteiger partial charge in [0.2, 0.25) is 5.75 Å². The molecule has 1 heterocycles. The van der Waals surface area contributed by atoms with E-state index in [0.717, 1.165) is 10.9 Å². The molecule has 232 valence electrons. The number of benzene rings is 4. The Morgan fingerprint density at radius 1 is 0.891 bits per heavy atom. The Morgan fingerprint density at radius 3 is 2.28 bits per heavy atom. The highest BCUT2D eigenvalue weighted by molar-refractivity contribution is 6.10. The molecule has 0 aliphatic carbocycles. The quantitative estimate of drug-likeness (QED) is 0.0781. The monoisotopic (exact) mass is 618 g/mol. The molecular formula is C35H30N4O7. The molecule has 0 spiro atoms. The number of nitrogens with zero attached hydrogens (tertiary/aromatic N) is 2. The molecule has 0 aliphatic rings. The van der Waals surface area contributed by atoms with Crippen molar-refractivity contribution >= 4 is 29.0 Å². The van der Waals surface area contributed by atoms with E-state index < -0.39 is 11.9 Å². The summed E-state index contributed by atoms with van der Waals surface area (Å²) in [7, 11) is 4.38. The number of ether oxygens (including phenoxy) is 5. The van der Waals surface area contributed by atoms with Gasteiger partial charge in [0, 0.05) is 10.9 Å². The summed E-state index contributed by atoms with van der Waals surface area (Å²) in [6.45, 7) is 2.10. The van der Waals surface area contributed by atoms with Gasteiger partial charge in [-0.15, -0.1) is 0 Å². The van der Waals surface area contributed by atoms with Crippen LogP contribution in [0.1, 0.15) is 38.9 Å². The van der Waals surface area contributed by atoms with Crippen LogP contribution in [-0.2, 0) is 0 Å². The van der Waals surface area contributed by atoms with E-state index in [-0.39, 0.29) is 17.0 Å². The number of aromatic amines is 1. The predicted octanol–water partition coefficient (Wildman–Crippen LogP) is 6.11. The molecule has 0 bridgehead atoms. The Balaban J connectivity index is 1.37. The highest BCUT2D eigenvalue weighted by Crippen LogP contribution is 2.39. The van der Waals surface area contributed by atoms with E-state index in [4.69, 9.17) is 23.7 Å². The van der Waals surface area contributed by atoms with Crippen molar-refractivity contribution in [3.63, 3.8) is 0 Å². The standard InChI is InChI=1S/C35H30N4O7/c1-5-45-27-16-21(14-15-26(27)46-35(41)24-17-28(42-2)33(44-4)29(18-24)43-3)20-37-39-34(40)32-30(22-10-7-6-8-11-22)25-13-9-12-23(19-36)31(25)38-32/h6-18,20,38H,5H2,1-4H3,(H,39,40). The summed E-state index contributed by atoms with van der Waals surface area (Å²) in [5.41, 5.74) is 6.05. The molecule has 0 unspecified atom stereocenters. The Bertz CT molecular complexity index is 1950. The second-order valence-electron chi connectivity index (χ2n) is 9.72. The van der Waals surface area contributed by atoms with Crippen molar-refractivity contribution in [2.75, 3.05) is 27.9 Å². The van der Waals surface area contributed by atoms with Gasteiger partial charge in [-0.3, -0.25) is 4.79 Å². The SMILES string of the molecule is CCOc1cc(C=NNC(=O)c2[nH]c3c(C#N)cccc3c2-c2ccccc2)ccc1OC(=O)c1cc(OC)c(OC)c(OC)c1. The number of methoxy groups -OCH3 is 3. The third kappa shape index (κ3) is 6.32. The van der Waals surface area contributed by atoms with Crippen LogP contribution in [0.2, 0.25) is 0 Å². The molecule has 0 saturated heterocycles. The predicted molar refractivity (Wildman–Crippen MR) is 172 cm³/mol. The number of aromatic nitrogens is 1. The van der Waals surface area contributed by atoms with Crippen LogP contribution in [0.4, 0.5) is 0 Å². The number of esters is 1. The zero-order chi connectivity index (χ0) is 32.6. The van der Waals surface area contributed by atoms with Gasteiger partial charge in [0.05, 0.1) is 50.8 Å². The first-order valence-corrected chi connectivity index (χ1v) is 14.1. The van der Waals surface area contributed by atoms with E-state index in [1.54, 1.807) is 37.3 Å². The molecule has 11 heteroatoms. The lowest BCUT2D eigenvalue weighted by Crippen LogP contribution is -2.19. The molecule has 0 radical (unpaired) electrons. The smallest absolute Gasteiger partial charge is 0.343 e. The van der Waals surface area contributed by atoms with E-state index >= 15 is 0 Å². The number of hydrogen-bond donors (Lipinski definition) is 2. The normalized spacial score (nSPS) is 10.8. The summed E-state index contributed by atoms with van der Waals surface area (Å²) >= 11 is 0. The number of hydrogen-bond acceptors (Lipinski definition) is 9. The van der Waals surface area contributed by atoms with Crippen molar-refractivity contribution in [1.29, 1.82) is 5.26 Å². The van der Waals surface area contributed by atoms with Crippen LogP contribution in [0.3, 0.4) is 0 Å². The van der Waals surface area contributed by atoms with Crippen LogP contribution in [0.15, 0.2) is 84.0 Å². The third-order valence-electron chi connectivity index (χ3n) is 6.99. The number of nitrogens with one attached hydrogen (secondary N) is 2. The Kier molecular flexibility index (Phi) is 9.48. The second-order valence-corrected chi connectivity index (χ2v) is 9.72. The average molecular weight is 619 g/mol. The van der Waals surface area contributed by atoms with Gasteiger partial charge >= 0.3 is 5.97 Å². The van der Waals surface area contributed by atoms with Crippen molar-refractivity contribution in [3.05, 3.63) is 101 Å². The minimum Gasteiger partial charge on any atom is -0.493 e. The third-order valence-corrected chi connectivity index (χ3v) is 6.99. The molecule has 0 saturated carbocycles. The molecule has 5 aromatic rings. The van der Waals surface area contributed by atoms with Gasteiger partial charge in [0.15, 0.2) is 23.0 Å². The molecule has 46 heavy (non-hydrogen) atoms. The van der Waals surface area contributed by atoms with E-state index in [2.05, 4.69) is 21.6 Å². The fraction of sp³-hybridized carbons (Fsp3) is 0.143. The van der Waals surface area contributed by atoms with Gasteiger partial charge in [-0.1, -0.05) is 42.5 Å². The number of amides is 1. The van der Waals surface area contributed by atoms with Crippen molar-refractivity contribution in [1.82, 2.24) is 10.4 Å². The second kappa shape index (κ2) is 14.0. The Morgan fingerprint density at radius 2 is 1.63 bits per heavy atom. The molecule has 0 fully saturated rings. The first-order valence-electron chi connectivity index (χ1n) is 14.1. The van der Waals surface area contributed by atoms with E-state index in [0.29, 0.717) is 51.8 Å². The van der Waals surface area contributed by atoms with Crippen LogP contribution in [0.25, 0.3) is 22.0 Å². The van der Waals surface area contributed by atoms with Crippen LogP contribution in [0.5, 0.6) is 28.7 Å². The molecule has 0 aliphatic heterocycles. The van der Waals surface area contributed by atoms with Gasteiger partial charge in [-0.25, -0.2) is 10.2 Å². The summed E-state index contributed by atoms with van der Waals surface area (Å²) in [5, 5.41) is 14.5. The van der Waals surface area contributed by atoms with E-state index in [9.17, 15) is 14.9 Å². The lowest BCUT2D eigenvalue weighted by molar-refractivity contribution is 0.0727. The minimum atomic E-state index is -0.666. The molecule has 0 atom stereocenters. The van der Waals surface area contributed by atoms with E-state index in [1.165, 1.54) is 39.7 Å². The Hall–Kier alpha value is -6.28. The van der Waals surface area contributed by atoms with Gasteiger partial charge in [0.25, 0.3) is 5.91 Å². The van der Waals surface area contributed by atoms with Crippen molar-refractivity contribution < 1.29 is 33.3 Å². The van der Waals surface area contributed by atoms with Crippen LogP contribution in [0, 0.1) is 11.3 Å². The molecule has 11 nitrogen and oxygen atoms in total. The van der Waals surface area contributed by atoms with Crippen molar-refractivity contribution in [3.8, 4) is 45.9 Å². The van der Waals surface area contributed by atoms with Crippen molar-refractivity contribution in [2.24, 2.45) is 5.10 Å². The fourth-order valence-electron chi connectivity index (χ4n) is 4.92. The maximum atomic E-state index is 13.4. The lowest BCUT2D eigenvalue weighted by atomic mass is 10.0. The number of rotatable bonds is 11. The minimum absolute atomic E-state index is 0.180. The number of hydrazone groups is 1. The van der Waals surface area contributed by atoms with Crippen LogP contribution >= 0.6 is 0 Å². The first-order chi connectivity index (χ1) is 22.4. The number of nitriles is 1. The number of H-pyrrole nitrogens is 1. The first kappa shape index (κ1) is 31.2. The molecule has 5 rings (SSSR count). The number of carbonyl (C=O) groups is 2. The van der Waals surface area contributed by atoms with Crippen LogP contribution in [-0.4, -0.2) is 51.0 Å². The Labute approximate surface area is 264 Å². The molecule has 2 N–H and O–H groups in total. The number of fused-ring (bicyclic) bond motifs is 1. The van der Waals surface area contributed by atoms with Crippen LogP contribution < -0.4 is 29.1 Å². The molecule has 4 aromatic carbocycles. The van der Waals surface area contributed by atoms with Crippen molar-refractivity contribution in [2.45, 2.75) is 6.92 Å². The highest BCUT2D eigenvalue weighted by Gasteiger charge is 2.22. The molecule has 1 aromatic heterocycles. The zero-order valence-corrected chi connectivity index (χ0v) is 25.5. The van der Waals surface area contributed by atoms with Gasteiger partial charge in [-0.2, -0.15) is 10.4 Å². The van der Waals surface area contributed by atoms with Gasteiger partial charge in [-0.05, 0) is 54.4 Å². The van der Waals surface area contributed by atoms with Gasteiger partial charge < -0.3 is 28.7 Å².